The van der Waals surface area contributed by atoms with Crippen molar-refractivity contribution >= 4 is 62.3 Å². The van der Waals surface area contributed by atoms with Gasteiger partial charge in [-0.2, -0.15) is 0 Å². The normalized spacial score (nSPS) is 12.1. The molecule has 2 amide bonds. The largest absolute Gasteiger partial charge is 0.495 e. The summed E-state index contributed by atoms with van der Waals surface area (Å²) in [5.74, 6) is -0.661. The molecule has 0 radical (unpaired) electrons. The SMILES string of the molecule is CCC(C(=O)NCC(C)C)N(Cc1c(Cl)cccc1Cl)C(=O)CN(c1cc(Cl)ccc1OC)S(=O)(=O)c1ccc(C)cc1. The number of sulfonamides is 1. The second-order valence-corrected chi connectivity index (χ2v) is 13.5. The minimum absolute atomic E-state index is 0.0321. The van der Waals surface area contributed by atoms with Crippen molar-refractivity contribution in [1.82, 2.24) is 10.2 Å². The number of hydrogen-bond donors (Lipinski definition) is 1. The molecule has 12 heteroatoms. The standard InChI is InChI=1S/C31H36Cl3N3O5S/c1-6-27(31(39)35-17-20(2)3)36(18-24-25(33)8-7-9-26(24)34)30(38)19-37(28-16-22(32)12-15-29(28)42-5)43(40,41)23-13-10-21(4)11-14-23/h7-16,20,27H,6,17-19H2,1-5H3,(H,35,39). The molecule has 3 rings (SSSR count). The third-order valence-electron chi connectivity index (χ3n) is 6.76. The number of nitrogens with zero attached hydrogens (tertiary/aromatic N) is 2. The molecule has 0 aliphatic carbocycles. The van der Waals surface area contributed by atoms with E-state index in [4.69, 9.17) is 39.5 Å². The summed E-state index contributed by atoms with van der Waals surface area (Å²) in [6, 6.07) is 14.8. The van der Waals surface area contributed by atoms with E-state index in [9.17, 15) is 18.0 Å². The van der Waals surface area contributed by atoms with Crippen LogP contribution in [0.1, 0.15) is 38.3 Å². The average molecular weight is 669 g/mol. The summed E-state index contributed by atoms with van der Waals surface area (Å²) in [6.45, 7) is 7.14. The van der Waals surface area contributed by atoms with Gasteiger partial charge in [-0.3, -0.25) is 13.9 Å². The molecule has 0 saturated heterocycles. The number of methoxy groups -OCH3 is 1. The third kappa shape index (κ3) is 8.56. The van der Waals surface area contributed by atoms with Crippen LogP contribution in [0.4, 0.5) is 5.69 Å². The monoisotopic (exact) mass is 667 g/mol. The molecule has 0 aliphatic rings. The second kappa shape index (κ2) is 15.1. The first-order valence-corrected chi connectivity index (χ1v) is 16.3. The van der Waals surface area contributed by atoms with Crippen molar-refractivity contribution < 1.29 is 22.7 Å². The Morgan fingerprint density at radius 1 is 0.977 bits per heavy atom. The van der Waals surface area contributed by atoms with Gasteiger partial charge in [-0.05, 0) is 61.7 Å². The van der Waals surface area contributed by atoms with E-state index in [2.05, 4.69) is 5.32 Å². The lowest BCUT2D eigenvalue weighted by Crippen LogP contribution is -2.52. The number of benzene rings is 3. The van der Waals surface area contributed by atoms with Crippen molar-refractivity contribution in [3.63, 3.8) is 0 Å². The van der Waals surface area contributed by atoms with Crippen LogP contribution in [0.3, 0.4) is 0 Å². The highest BCUT2D eigenvalue weighted by Crippen LogP contribution is 2.35. The molecule has 3 aromatic rings. The Balaban J connectivity index is 2.16. The molecule has 1 unspecified atom stereocenters. The predicted molar refractivity (Wildman–Crippen MR) is 173 cm³/mol. The Kier molecular flexibility index (Phi) is 12.2. The van der Waals surface area contributed by atoms with E-state index in [1.54, 1.807) is 43.3 Å². The lowest BCUT2D eigenvalue weighted by Gasteiger charge is -2.34. The molecular formula is C31H36Cl3N3O5S. The average Bonchev–Trinajstić information content (AvgIpc) is 2.96. The van der Waals surface area contributed by atoms with E-state index < -0.39 is 28.5 Å². The number of hydrogen-bond acceptors (Lipinski definition) is 5. The van der Waals surface area contributed by atoms with Crippen molar-refractivity contribution in [2.45, 2.75) is 51.6 Å². The first-order chi connectivity index (χ1) is 20.3. The molecule has 0 heterocycles. The number of ether oxygens (including phenoxy) is 1. The highest BCUT2D eigenvalue weighted by molar-refractivity contribution is 7.92. The molecule has 43 heavy (non-hydrogen) atoms. The molecular weight excluding hydrogens is 633 g/mol. The lowest BCUT2D eigenvalue weighted by atomic mass is 10.1. The molecule has 8 nitrogen and oxygen atoms in total. The Morgan fingerprint density at radius 2 is 1.60 bits per heavy atom. The quantitative estimate of drug-likeness (QED) is 0.218. The van der Waals surface area contributed by atoms with Crippen LogP contribution in [0, 0.1) is 12.8 Å². The molecule has 1 N–H and O–H groups in total. The maximum Gasteiger partial charge on any atom is 0.264 e. The van der Waals surface area contributed by atoms with Gasteiger partial charge in [0.2, 0.25) is 11.8 Å². The van der Waals surface area contributed by atoms with Gasteiger partial charge in [-0.15, -0.1) is 0 Å². The summed E-state index contributed by atoms with van der Waals surface area (Å²) in [7, 11) is -2.93. The molecule has 0 fully saturated rings. The summed E-state index contributed by atoms with van der Waals surface area (Å²) in [5, 5.41) is 3.75. The van der Waals surface area contributed by atoms with Crippen molar-refractivity contribution in [2.75, 3.05) is 24.5 Å². The fourth-order valence-corrected chi connectivity index (χ4v) is 6.50. The Morgan fingerprint density at radius 3 is 2.16 bits per heavy atom. The van der Waals surface area contributed by atoms with Gasteiger partial charge in [-0.25, -0.2) is 8.42 Å². The van der Waals surface area contributed by atoms with Gasteiger partial charge in [0.15, 0.2) is 0 Å². The van der Waals surface area contributed by atoms with E-state index in [0.29, 0.717) is 22.2 Å². The van der Waals surface area contributed by atoms with Crippen LogP contribution in [0.25, 0.3) is 0 Å². The first-order valence-electron chi connectivity index (χ1n) is 13.7. The number of anilines is 1. The second-order valence-electron chi connectivity index (χ2n) is 10.4. The molecule has 0 aromatic heterocycles. The highest BCUT2D eigenvalue weighted by Gasteiger charge is 2.35. The molecule has 0 bridgehead atoms. The van der Waals surface area contributed by atoms with Crippen molar-refractivity contribution in [3.05, 3.63) is 86.9 Å². The molecule has 232 valence electrons. The van der Waals surface area contributed by atoms with Crippen LogP contribution in [-0.2, 0) is 26.2 Å². The summed E-state index contributed by atoms with van der Waals surface area (Å²) in [4.78, 5) is 29.0. The van der Waals surface area contributed by atoms with Crippen LogP contribution in [0.5, 0.6) is 5.75 Å². The minimum Gasteiger partial charge on any atom is -0.495 e. The van der Waals surface area contributed by atoms with Gasteiger partial charge in [0.05, 0.1) is 17.7 Å². The molecule has 0 aliphatic heterocycles. The summed E-state index contributed by atoms with van der Waals surface area (Å²) in [6.07, 6.45) is 0.253. The molecule has 0 saturated carbocycles. The van der Waals surface area contributed by atoms with Gasteiger partial charge < -0.3 is 15.0 Å². The predicted octanol–water partition coefficient (Wildman–Crippen LogP) is 6.74. The van der Waals surface area contributed by atoms with Gasteiger partial charge in [-0.1, -0.05) is 79.3 Å². The first kappa shape index (κ1) is 34.5. The summed E-state index contributed by atoms with van der Waals surface area (Å²) in [5.41, 5.74) is 1.36. The van der Waals surface area contributed by atoms with Crippen LogP contribution in [0.15, 0.2) is 65.6 Å². The van der Waals surface area contributed by atoms with E-state index >= 15 is 0 Å². The number of amides is 2. The maximum absolute atomic E-state index is 14.3. The van der Waals surface area contributed by atoms with E-state index in [0.717, 1.165) is 9.87 Å². The molecule has 0 spiro atoms. The van der Waals surface area contributed by atoms with E-state index in [-0.39, 0.29) is 46.1 Å². The number of aryl methyl sites for hydroxylation is 1. The number of halogens is 3. The third-order valence-corrected chi connectivity index (χ3v) is 9.48. The zero-order valence-electron chi connectivity index (χ0n) is 24.7. The Bertz CT molecular complexity index is 1530. The van der Waals surface area contributed by atoms with Gasteiger partial charge >= 0.3 is 0 Å². The van der Waals surface area contributed by atoms with Crippen LogP contribution in [-0.4, -0.2) is 51.4 Å². The number of rotatable bonds is 13. The van der Waals surface area contributed by atoms with Crippen molar-refractivity contribution in [3.8, 4) is 5.75 Å². The minimum atomic E-state index is -4.32. The van der Waals surface area contributed by atoms with Crippen LogP contribution < -0.4 is 14.4 Å². The zero-order chi connectivity index (χ0) is 31.9. The van der Waals surface area contributed by atoms with Crippen LogP contribution in [0.2, 0.25) is 15.1 Å². The molecule has 3 aromatic carbocycles. The van der Waals surface area contributed by atoms with Gasteiger partial charge in [0.25, 0.3) is 10.0 Å². The Hall–Kier alpha value is -2.98. The smallest absolute Gasteiger partial charge is 0.264 e. The topological polar surface area (TPSA) is 96.0 Å². The lowest BCUT2D eigenvalue weighted by molar-refractivity contribution is -0.140. The summed E-state index contributed by atoms with van der Waals surface area (Å²) >= 11 is 19.2. The van der Waals surface area contributed by atoms with Crippen LogP contribution >= 0.6 is 34.8 Å². The fraction of sp³-hybridized carbons (Fsp3) is 0.355. The van der Waals surface area contributed by atoms with Crippen molar-refractivity contribution in [1.29, 1.82) is 0 Å². The van der Waals surface area contributed by atoms with Crippen molar-refractivity contribution in [2.24, 2.45) is 5.92 Å². The van der Waals surface area contributed by atoms with Gasteiger partial charge in [0.1, 0.15) is 18.3 Å². The highest BCUT2D eigenvalue weighted by atomic mass is 35.5. The van der Waals surface area contributed by atoms with E-state index in [1.807, 2.05) is 20.8 Å². The fourth-order valence-electron chi connectivity index (χ4n) is 4.40. The number of carbonyl (C=O) groups excluding carboxylic acids is 2. The zero-order valence-corrected chi connectivity index (χ0v) is 27.8. The summed E-state index contributed by atoms with van der Waals surface area (Å²) < 4.78 is 34.7. The molecule has 1 atom stereocenters. The maximum atomic E-state index is 14.3. The number of carbonyl (C=O) groups is 2. The Labute approximate surface area is 268 Å². The van der Waals surface area contributed by atoms with E-state index in [1.165, 1.54) is 36.3 Å². The number of nitrogens with one attached hydrogen (secondary N) is 1. The van der Waals surface area contributed by atoms with Gasteiger partial charge in [0, 0.05) is 33.7 Å².